The van der Waals surface area contributed by atoms with E-state index in [2.05, 4.69) is 289 Å². The number of hydrogen-bond acceptors (Lipinski definition) is 2. The number of aromatic nitrogens is 1. The number of rotatable bonds is 8. The molecule has 3 nitrogen and oxygen atoms in total. The van der Waals surface area contributed by atoms with E-state index in [1.165, 1.54) is 27.1 Å². The molecule has 0 saturated carbocycles. The lowest BCUT2D eigenvalue weighted by molar-refractivity contribution is 0.671. The quantitative estimate of drug-likeness (QED) is 0.142. The van der Waals surface area contributed by atoms with Crippen LogP contribution in [-0.2, 0) is 0 Å². The van der Waals surface area contributed by atoms with Crippen LogP contribution < -0.4 is 4.90 Å². The lowest BCUT2D eigenvalue weighted by Crippen LogP contribution is -2.11. The number of fused-ring (bicyclic) bond motifs is 10. The van der Waals surface area contributed by atoms with Crippen molar-refractivity contribution < 1.29 is 4.42 Å². The summed E-state index contributed by atoms with van der Waals surface area (Å²) in [7, 11) is 0. The fourth-order valence-electron chi connectivity index (χ4n) is 12.0. The molecule has 0 aliphatic heterocycles. The first-order valence-electron chi connectivity index (χ1n) is 25.7. The molecule has 0 radical (unpaired) electrons. The van der Waals surface area contributed by atoms with Gasteiger partial charge >= 0.3 is 0 Å². The monoisotopic (exact) mass is 954 g/mol. The van der Waals surface area contributed by atoms with Gasteiger partial charge in [-0.25, -0.2) is 0 Å². The van der Waals surface area contributed by atoms with E-state index >= 15 is 0 Å². The fourth-order valence-corrected chi connectivity index (χ4v) is 12.0. The number of benzene rings is 13. The lowest BCUT2D eigenvalue weighted by atomic mass is 9.86. The van der Waals surface area contributed by atoms with Gasteiger partial charge in [0.05, 0.1) is 16.7 Å². The van der Waals surface area contributed by atoms with Crippen molar-refractivity contribution in [3.8, 4) is 50.2 Å². The number of nitrogens with zero attached hydrogens (tertiary/aromatic N) is 2. The Balaban J connectivity index is 1.09. The van der Waals surface area contributed by atoms with Crippen molar-refractivity contribution >= 4 is 93.1 Å². The lowest BCUT2D eigenvalue weighted by Gasteiger charge is -2.30. The fraction of sp³-hybridized carbons (Fsp3) is 0. The molecule has 0 bridgehead atoms. The second-order valence-corrected chi connectivity index (χ2v) is 19.5. The van der Waals surface area contributed by atoms with E-state index in [4.69, 9.17) is 4.42 Å². The summed E-state index contributed by atoms with van der Waals surface area (Å²) in [5, 5.41) is 11.5. The van der Waals surface area contributed by atoms with Crippen LogP contribution in [0.1, 0.15) is 0 Å². The highest BCUT2D eigenvalue weighted by atomic mass is 16.3. The van der Waals surface area contributed by atoms with Crippen LogP contribution in [-0.4, -0.2) is 4.57 Å². The first kappa shape index (κ1) is 42.7. The molecule has 75 heavy (non-hydrogen) atoms. The van der Waals surface area contributed by atoms with E-state index in [0.29, 0.717) is 0 Å². The molecule has 2 heterocycles. The molecule has 15 rings (SSSR count). The predicted molar refractivity (Wildman–Crippen MR) is 317 cm³/mol. The Morgan fingerprint density at radius 1 is 0.293 bits per heavy atom. The van der Waals surface area contributed by atoms with Gasteiger partial charge in [-0.3, -0.25) is 0 Å². The zero-order chi connectivity index (χ0) is 49.4. The summed E-state index contributed by atoms with van der Waals surface area (Å²) in [4.78, 5) is 2.50. The highest BCUT2D eigenvalue weighted by Crippen LogP contribution is 2.53. The first-order chi connectivity index (χ1) is 37.2. The third kappa shape index (κ3) is 6.90. The Kier molecular flexibility index (Phi) is 9.89. The van der Waals surface area contributed by atoms with Gasteiger partial charge in [0.1, 0.15) is 11.2 Å². The van der Waals surface area contributed by atoms with Crippen LogP contribution in [0.25, 0.3) is 126 Å². The minimum Gasteiger partial charge on any atom is -0.455 e. The molecule has 15 aromatic rings. The van der Waals surface area contributed by atoms with Crippen molar-refractivity contribution in [2.24, 2.45) is 0 Å². The summed E-state index contributed by atoms with van der Waals surface area (Å²) in [5.74, 6) is 0. The van der Waals surface area contributed by atoms with Crippen molar-refractivity contribution in [3.63, 3.8) is 0 Å². The molecular formula is C72H46N2O. The van der Waals surface area contributed by atoms with Crippen LogP contribution in [0.4, 0.5) is 17.1 Å². The van der Waals surface area contributed by atoms with Crippen LogP contribution in [0.3, 0.4) is 0 Å². The van der Waals surface area contributed by atoms with Gasteiger partial charge in [-0.05, 0) is 116 Å². The van der Waals surface area contributed by atoms with Gasteiger partial charge in [0.15, 0.2) is 0 Å². The van der Waals surface area contributed by atoms with Gasteiger partial charge in [0.2, 0.25) is 0 Å². The van der Waals surface area contributed by atoms with Gasteiger partial charge < -0.3 is 13.9 Å². The molecule has 3 heteroatoms. The SMILES string of the molecule is c1ccc(-c2ccc3c(N(c4ccccc4)c4ccc5c(c4)c4ccccc4n5-c4ccccc4)c4cc(-c5ccccc5)ccc4c(-c4cccc5c4oc4c(-c6ccccc6)cc6ccccc6c45)c3c2)cc1. The molecule has 13 aromatic carbocycles. The minimum absolute atomic E-state index is 0.869. The van der Waals surface area contributed by atoms with E-state index in [9.17, 15) is 0 Å². The number of anilines is 3. The predicted octanol–water partition coefficient (Wildman–Crippen LogP) is 20.3. The maximum Gasteiger partial charge on any atom is 0.143 e. The van der Waals surface area contributed by atoms with Crippen LogP contribution in [0.2, 0.25) is 0 Å². The molecule has 0 aliphatic rings. The summed E-state index contributed by atoms with van der Waals surface area (Å²) >= 11 is 0. The van der Waals surface area contributed by atoms with Gasteiger partial charge in [0, 0.05) is 66.1 Å². The minimum atomic E-state index is 0.869. The number of hydrogen-bond donors (Lipinski definition) is 0. The molecule has 0 atom stereocenters. The maximum atomic E-state index is 7.45. The largest absolute Gasteiger partial charge is 0.455 e. The van der Waals surface area contributed by atoms with Crippen molar-refractivity contribution in [1.29, 1.82) is 0 Å². The van der Waals surface area contributed by atoms with Gasteiger partial charge in [0.25, 0.3) is 0 Å². The first-order valence-corrected chi connectivity index (χ1v) is 25.7. The smallest absolute Gasteiger partial charge is 0.143 e. The van der Waals surface area contributed by atoms with E-state index in [1.807, 2.05) is 0 Å². The van der Waals surface area contributed by atoms with Crippen LogP contribution >= 0.6 is 0 Å². The van der Waals surface area contributed by atoms with E-state index in [-0.39, 0.29) is 0 Å². The average molecular weight is 955 g/mol. The van der Waals surface area contributed by atoms with E-state index in [0.717, 1.165) is 116 Å². The second kappa shape index (κ2) is 17.4. The van der Waals surface area contributed by atoms with Crippen LogP contribution in [0.15, 0.2) is 283 Å². The van der Waals surface area contributed by atoms with Gasteiger partial charge in [-0.2, -0.15) is 0 Å². The molecule has 0 spiro atoms. The van der Waals surface area contributed by atoms with Gasteiger partial charge in [-0.15, -0.1) is 0 Å². The summed E-state index contributed by atoms with van der Waals surface area (Å²) < 4.78 is 9.84. The Labute approximate surface area is 434 Å². The Morgan fingerprint density at radius 3 is 1.59 bits per heavy atom. The Hall–Kier alpha value is -9.96. The molecule has 0 aliphatic carbocycles. The standard InChI is InChI=1S/C72H46N2O/c1-6-21-47(22-7-1)50-38-41-59-64(43-50)68(60-34-20-35-61-69-56-32-17-16-27-52(56)45-62(72(69)75-71(60)61)49-25-10-3-11-26-49)58-40-37-51(48-23-8-2-9-24-48)44-65(58)70(59)73(53-28-12-4-13-29-53)55-39-42-67-63(46-55)57-33-18-19-36-66(57)74(67)54-30-14-5-15-31-54/h1-46H. The molecule has 0 amide bonds. The van der Waals surface area contributed by atoms with Crippen LogP contribution in [0.5, 0.6) is 0 Å². The molecule has 0 unspecified atom stereocenters. The summed E-state index contributed by atoms with van der Waals surface area (Å²) in [6, 6.07) is 102. The Bertz CT molecular complexity index is 4670. The molecule has 2 aromatic heterocycles. The summed E-state index contributed by atoms with van der Waals surface area (Å²) in [6.07, 6.45) is 0. The normalized spacial score (nSPS) is 11.7. The zero-order valence-electron chi connectivity index (χ0n) is 40.9. The highest BCUT2D eigenvalue weighted by molar-refractivity contribution is 6.29. The summed E-state index contributed by atoms with van der Waals surface area (Å²) in [6.45, 7) is 0. The maximum absolute atomic E-state index is 7.45. The third-order valence-electron chi connectivity index (χ3n) is 15.3. The highest BCUT2D eigenvalue weighted by Gasteiger charge is 2.27. The molecule has 0 N–H and O–H groups in total. The van der Waals surface area contributed by atoms with E-state index in [1.54, 1.807) is 0 Å². The van der Waals surface area contributed by atoms with Crippen molar-refractivity contribution in [3.05, 3.63) is 279 Å². The average Bonchev–Trinajstić information content (AvgIpc) is 4.12. The van der Waals surface area contributed by atoms with Crippen molar-refractivity contribution in [2.45, 2.75) is 0 Å². The van der Waals surface area contributed by atoms with Crippen molar-refractivity contribution in [2.75, 3.05) is 4.90 Å². The third-order valence-corrected chi connectivity index (χ3v) is 15.3. The van der Waals surface area contributed by atoms with E-state index < -0.39 is 0 Å². The van der Waals surface area contributed by atoms with Crippen molar-refractivity contribution in [1.82, 2.24) is 4.57 Å². The molecule has 0 saturated heterocycles. The topological polar surface area (TPSA) is 21.3 Å². The molecule has 350 valence electrons. The van der Waals surface area contributed by atoms with Crippen LogP contribution in [0, 0.1) is 0 Å². The summed E-state index contributed by atoms with van der Waals surface area (Å²) in [5.41, 5.74) is 17.5. The number of furan rings is 1. The second-order valence-electron chi connectivity index (χ2n) is 19.5. The molecular weight excluding hydrogens is 909 g/mol. The zero-order valence-corrected chi connectivity index (χ0v) is 40.9. The number of para-hydroxylation sites is 4. The van der Waals surface area contributed by atoms with Gasteiger partial charge in [-0.1, -0.05) is 212 Å². The Morgan fingerprint density at radius 2 is 0.867 bits per heavy atom. The molecule has 0 fully saturated rings.